The summed E-state index contributed by atoms with van der Waals surface area (Å²) in [6.07, 6.45) is 4.03. The molecular formula is C9H10O5. The van der Waals surface area contributed by atoms with Crippen LogP contribution in [0, 0.1) is 0 Å². The first kappa shape index (κ1) is 10.3. The smallest absolute Gasteiger partial charge is 0.334 e. The standard InChI is InChI=1S/C9H10O5/c1-7-6-13-8(10)2-4-12-5-3-9(11)14-7/h2-5,7H,6H2,1H3. The Kier molecular flexibility index (Phi) is 3.72. The maximum absolute atomic E-state index is 11.0. The average Bonchev–Trinajstić information content (AvgIpc) is 2.15. The van der Waals surface area contributed by atoms with Crippen LogP contribution in [0.3, 0.4) is 0 Å². The summed E-state index contributed by atoms with van der Waals surface area (Å²) in [6, 6.07) is 0. The third kappa shape index (κ3) is 3.75. The van der Waals surface area contributed by atoms with Gasteiger partial charge >= 0.3 is 11.9 Å². The van der Waals surface area contributed by atoms with E-state index in [4.69, 9.17) is 9.47 Å². The van der Waals surface area contributed by atoms with Gasteiger partial charge in [-0.25, -0.2) is 9.59 Å². The molecule has 1 rings (SSSR count). The second kappa shape index (κ2) is 5.06. The van der Waals surface area contributed by atoms with Crippen molar-refractivity contribution >= 4 is 11.9 Å². The van der Waals surface area contributed by atoms with E-state index in [0.717, 1.165) is 24.7 Å². The van der Waals surface area contributed by atoms with E-state index in [-0.39, 0.29) is 6.61 Å². The predicted octanol–water partition coefficient (Wildman–Crippen LogP) is 0.519. The number of ether oxygens (including phenoxy) is 3. The van der Waals surface area contributed by atoms with Gasteiger partial charge in [-0.2, -0.15) is 0 Å². The van der Waals surface area contributed by atoms with Crippen molar-refractivity contribution in [3.05, 3.63) is 24.7 Å². The molecule has 0 saturated carbocycles. The molecule has 0 saturated heterocycles. The first-order valence-electron chi connectivity index (χ1n) is 4.04. The van der Waals surface area contributed by atoms with Crippen molar-refractivity contribution in [1.29, 1.82) is 0 Å². The fraction of sp³-hybridized carbons (Fsp3) is 0.333. The fourth-order valence-corrected chi connectivity index (χ4v) is 0.754. The first-order valence-corrected chi connectivity index (χ1v) is 4.04. The van der Waals surface area contributed by atoms with Gasteiger partial charge in [-0.1, -0.05) is 0 Å². The van der Waals surface area contributed by atoms with Crippen molar-refractivity contribution in [2.24, 2.45) is 0 Å². The lowest BCUT2D eigenvalue weighted by Crippen LogP contribution is -2.20. The van der Waals surface area contributed by atoms with Crippen molar-refractivity contribution in [3.8, 4) is 0 Å². The zero-order valence-corrected chi connectivity index (χ0v) is 7.64. The number of hydrogen-bond donors (Lipinski definition) is 0. The molecule has 0 bridgehead atoms. The van der Waals surface area contributed by atoms with Crippen LogP contribution in [0.25, 0.3) is 0 Å². The Bertz CT molecular complexity index is 279. The van der Waals surface area contributed by atoms with Gasteiger partial charge in [0.2, 0.25) is 0 Å². The summed E-state index contributed by atoms with van der Waals surface area (Å²) in [5.41, 5.74) is 0. The minimum Gasteiger partial charge on any atom is -0.472 e. The van der Waals surface area contributed by atoms with Crippen LogP contribution in [-0.2, 0) is 23.8 Å². The van der Waals surface area contributed by atoms with E-state index in [9.17, 15) is 9.59 Å². The van der Waals surface area contributed by atoms with E-state index >= 15 is 0 Å². The molecule has 1 unspecified atom stereocenters. The number of cyclic esters (lactones) is 2. The van der Waals surface area contributed by atoms with Crippen LogP contribution in [0.4, 0.5) is 0 Å². The van der Waals surface area contributed by atoms with Crippen LogP contribution >= 0.6 is 0 Å². The lowest BCUT2D eigenvalue weighted by atomic mass is 10.4. The van der Waals surface area contributed by atoms with Gasteiger partial charge in [0.05, 0.1) is 24.7 Å². The zero-order chi connectivity index (χ0) is 10.4. The van der Waals surface area contributed by atoms with E-state index in [1.165, 1.54) is 0 Å². The molecule has 0 aliphatic carbocycles. The Morgan fingerprint density at radius 2 is 1.86 bits per heavy atom. The van der Waals surface area contributed by atoms with Crippen LogP contribution in [0.5, 0.6) is 0 Å². The molecule has 0 spiro atoms. The topological polar surface area (TPSA) is 61.8 Å². The van der Waals surface area contributed by atoms with E-state index in [0.29, 0.717) is 0 Å². The largest absolute Gasteiger partial charge is 0.472 e. The Labute approximate surface area is 80.9 Å². The highest BCUT2D eigenvalue weighted by Crippen LogP contribution is 1.97. The van der Waals surface area contributed by atoms with Crippen LogP contribution in [0.2, 0.25) is 0 Å². The van der Waals surface area contributed by atoms with Gasteiger partial charge in [0.15, 0.2) is 0 Å². The fourth-order valence-electron chi connectivity index (χ4n) is 0.754. The molecule has 0 N–H and O–H groups in total. The van der Waals surface area contributed by atoms with Crippen molar-refractivity contribution < 1.29 is 23.8 Å². The van der Waals surface area contributed by atoms with Gasteiger partial charge in [0.1, 0.15) is 12.7 Å². The molecule has 1 aliphatic rings. The number of hydrogen-bond acceptors (Lipinski definition) is 5. The molecule has 0 aromatic carbocycles. The number of rotatable bonds is 0. The highest BCUT2D eigenvalue weighted by Gasteiger charge is 2.09. The lowest BCUT2D eigenvalue weighted by molar-refractivity contribution is -0.151. The van der Waals surface area contributed by atoms with Gasteiger partial charge < -0.3 is 14.2 Å². The van der Waals surface area contributed by atoms with Gasteiger partial charge in [0, 0.05) is 0 Å². The Balaban J connectivity index is 2.61. The highest BCUT2D eigenvalue weighted by atomic mass is 16.6. The molecule has 1 aliphatic heterocycles. The number of carbonyl (C=O) groups excluding carboxylic acids is 2. The van der Waals surface area contributed by atoms with Crippen LogP contribution in [0.1, 0.15) is 6.92 Å². The molecule has 0 fully saturated rings. The maximum atomic E-state index is 11.0. The van der Waals surface area contributed by atoms with Gasteiger partial charge in [-0.05, 0) is 6.92 Å². The minimum absolute atomic E-state index is 0.0305. The number of carbonyl (C=O) groups is 2. The summed E-state index contributed by atoms with van der Waals surface area (Å²) in [5.74, 6) is -1.08. The van der Waals surface area contributed by atoms with Crippen molar-refractivity contribution in [2.45, 2.75) is 13.0 Å². The molecule has 1 heterocycles. The van der Waals surface area contributed by atoms with Crippen LogP contribution in [0.15, 0.2) is 24.7 Å². The zero-order valence-electron chi connectivity index (χ0n) is 7.64. The SMILES string of the molecule is CC1COC(=O)C=COC=CC(=O)O1. The summed E-state index contributed by atoms with van der Waals surface area (Å²) in [4.78, 5) is 21.8. The van der Waals surface area contributed by atoms with Crippen LogP contribution in [-0.4, -0.2) is 24.6 Å². The molecule has 0 radical (unpaired) electrons. The summed E-state index contributed by atoms with van der Waals surface area (Å²) in [7, 11) is 0. The Morgan fingerprint density at radius 1 is 1.21 bits per heavy atom. The lowest BCUT2D eigenvalue weighted by Gasteiger charge is -2.10. The normalized spacial score (nSPS) is 23.1. The molecule has 0 aromatic rings. The Morgan fingerprint density at radius 3 is 2.57 bits per heavy atom. The second-order valence-electron chi connectivity index (χ2n) is 2.62. The molecule has 5 heteroatoms. The molecule has 5 nitrogen and oxygen atoms in total. The van der Waals surface area contributed by atoms with E-state index in [1.54, 1.807) is 6.92 Å². The van der Waals surface area contributed by atoms with E-state index in [2.05, 4.69) is 4.74 Å². The summed E-state index contributed by atoms with van der Waals surface area (Å²) >= 11 is 0. The number of esters is 2. The second-order valence-corrected chi connectivity index (χ2v) is 2.62. The summed E-state index contributed by atoms with van der Waals surface area (Å²) in [5, 5.41) is 0. The van der Waals surface area contributed by atoms with Gasteiger partial charge in [-0.15, -0.1) is 0 Å². The van der Waals surface area contributed by atoms with Crippen LogP contribution < -0.4 is 0 Å². The van der Waals surface area contributed by atoms with E-state index in [1.807, 2.05) is 0 Å². The Hall–Kier alpha value is -1.78. The average molecular weight is 198 g/mol. The summed E-state index contributed by atoms with van der Waals surface area (Å²) in [6.45, 7) is 1.66. The molecule has 0 amide bonds. The van der Waals surface area contributed by atoms with Crippen molar-refractivity contribution in [2.75, 3.05) is 6.61 Å². The quantitative estimate of drug-likeness (QED) is 0.531. The minimum atomic E-state index is -0.539. The molecule has 14 heavy (non-hydrogen) atoms. The van der Waals surface area contributed by atoms with Gasteiger partial charge in [-0.3, -0.25) is 0 Å². The predicted molar refractivity (Wildman–Crippen MR) is 45.9 cm³/mol. The van der Waals surface area contributed by atoms with Crippen molar-refractivity contribution in [3.63, 3.8) is 0 Å². The molecular weight excluding hydrogens is 188 g/mol. The molecule has 1 atom stereocenters. The van der Waals surface area contributed by atoms with Crippen molar-refractivity contribution in [1.82, 2.24) is 0 Å². The molecule has 76 valence electrons. The molecule has 0 aromatic heterocycles. The maximum Gasteiger partial charge on any atom is 0.334 e. The third-order valence-corrected chi connectivity index (χ3v) is 1.34. The third-order valence-electron chi connectivity index (χ3n) is 1.34. The highest BCUT2D eigenvalue weighted by molar-refractivity contribution is 5.82. The summed E-state index contributed by atoms with van der Waals surface area (Å²) < 4.78 is 14.2. The van der Waals surface area contributed by atoms with E-state index < -0.39 is 18.0 Å². The monoisotopic (exact) mass is 198 g/mol. The first-order chi connectivity index (χ1) is 6.68. The van der Waals surface area contributed by atoms with Gasteiger partial charge in [0.25, 0.3) is 0 Å².